The first-order valence-electron chi connectivity index (χ1n) is 5.86. The van der Waals surface area contributed by atoms with Crippen molar-refractivity contribution in [2.24, 2.45) is 7.05 Å². The van der Waals surface area contributed by atoms with Crippen LogP contribution >= 0.6 is 0 Å². The van der Waals surface area contributed by atoms with Gasteiger partial charge in [-0.3, -0.25) is 9.48 Å². The molecule has 4 heteroatoms. The van der Waals surface area contributed by atoms with Crippen LogP contribution in [0.2, 0.25) is 0 Å². The van der Waals surface area contributed by atoms with Crippen molar-refractivity contribution in [2.45, 2.75) is 20.3 Å². The van der Waals surface area contributed by atoms with Gasteiger partial charge in [0.05, 0.1) is 5.69 Å². The number of hydrogen-bond donors (Lipinski definition) is 0. The third-order valence-corrected chi connectivity index (χ3v) is 2.89. The second-order valence-electron chi connectivity index (χ2n) is 4.26. The van der Waals surface area contributed by atoms with Gasteiger partial charge >= 0.3 is 0 Å². The first-order valence-corrected chi connectivity index (χ1v) is 5.86. The second kappa shape index (κ2) is 4.72. The molecule has 0 saturated heterocycles. The molecule has 0 unspecified atom stereocenters. The lowest BCUT2D eigenvalue weighted by Gasteiger charge is -2.06. The molecule has 0 fully saturated rings. The zero-order valence-electron chi connectivity index (χ0n) is 10.7. The second-order valence-corrected chi connectivity index (χ2v) is 4.26. The Morgan fingerprint density at radius 2 is 2.11 bits per heavy atom. The highest BCUT2D eigenvalue weighted by Crippen LogP contribution is 2.28. The first-order chi connectivity index (χ1) is 8.52. The predicted molar refractivity (Wildman–Crippen MR) is 68.0 cm³/mol. The zero-order chi connectivity index (χ0) is 13.3. The van der Waals surface area contributed by atoms with E-state index in [0.29, 0.717) is 11.1 Å². The number of carbonyl (C=O) groups excluding carboxylic acids is 1. The van der Waals surface area contributed by atoms with E-state index in [9.17, 15) is 9.18 Å². The van der Waals surface area contributed by atoms with Gasteiger partial charge in [-0.15, -0.1) is 0 Å². The maximum atomic E-state index is 13.4. The van der Waals surface area contributed by atoms with Gasteiger partial charge in [0, 0.05) is 24.4 Å². The molecule has 0 amide bonds. The quantitative estimate of drug-likeness (QED) is 0.780. The average molecular weight is 246 g/mol. The predicted octanol–water partition coefficient (Wildman–Crippen LogP) is 2.99. The Hall–Kier alpha value is -1.97. The standard InChI is InChI=1S/C14H15FN2O/c1-4-14-13(8-17(3)16-14)12-7-10(15)5-6-11(12)9(2)18/h5-8H,4H2,1-3H3. The Kier molecular flexibility index (Phi) is 3.28. The van der Waals surface area contributed by atoms with E-state index in [1.807, 2.05) is 20.2 Å². The minimum absolute atomic E-state index is 0.0732. The van der Waals surface area contributed by atoms with Crippen LogP contribution in [0.25, 0.3) is 11.1 Å². The first kappa shape index (κ1) is 12.5. The SMILES string of the molecule is CCc1nn(C)cc1-c1cc(F)ccc1C(C)=O. The number of benzene rings is 1. The van der Waals surface area contributed by atoms with Crippen LogP contribution in [0.1, 0.15) is 29.9 Å². The number of aromatic nitrogens is 2. The van der Waals surface area contributed by atoms with Crippen LogP contribution in [-0.4, -0.2) is 15.6 Å². The Morgan fingerprint density at radius 3 is 2.72 bits per heavy atom. The van der Waals surface area contributed by atoms with Crippen LogP contribution in [0.15, 0.2) is 24.4 Å². The van der Waals surface area contributed by atoms with Crippen LogP contribution in [0.3, 0.4) is 0 Å². The molecule has 0 aliphatic rings. The van der Waals surface area contributed by atoms with Gasteiger partial charge in [0.2, 0.25) is 0 Å². The third-order valence-electron chi connectivity index (χ3n) is 2.89. The van der Waals surface area contributed by atoms with Gasteiger partial charge < -0.3 is 0 Å². The van der Waals surface area contributed by atoms with E-state index < -0.39 is 0 Å². The van der Waals surface area contributed by atoms with Crippen molar-refractivity contribution in [1.29, 1.82) is 0 Å². The van der Waals surface area contributed by atoms with Gasteiger partial charge in [-0.2, -0.15) is 5.10 Å². The fourth-order valence-electron chi connectivity index (χ4n) is 2.07. The maximum absolute atomic E-state index is 13.4. The highest BCUT2D eigenvalue weighted by Gasteiger charge is 2.15. The summed E-state index contributed by atoms with van der Waals surface area (Å²) in [5.41, 5.74) is 2.84. The molecule has 0 bridgehead atoms. The molecule has 0 spiro atoms. The highest BCUT2D eigenvalue weighted by molar-refractivity contribution is 6.01. The van der Waals surface area contributed by atoms with Gasteiger partial charge in [-0.1, -0.05) is 6.92 Å². The molecule has 94 valence electrons. The Labute approximate surface area is 105 Å². The maximum Gasteiger partial charge on any atom is 0.160 e. The van der Waals surface area contributed by atoms with Crippen LogP contribution in [0.4, 0.5) is 4.39 Å². The lowest BCUT2D eigenvalue weighted by molar-refractivity contribution is 0.101. The number of halogens is 1. The molecule has 18 heavy (non-hydrogen) atoms. The molecule has 2 aromatic rings. The molecule has 0 atom stereocenters. The summed E-state index contributed by atoms with van der Waals surface area (Å²) in [5.74, 6) is -0.420. The summed E-state index contributed by atoms with van der Waals surface area (Å²) in [6.07, 6.45) is 2.56. The molecule has 1 aromatic carbocycles. The van der Waals surface area contributed by atoms with Crippen LogP contribution in [0, 0.1) is 5.82 Å². The van der Waals surface area contributed by atoms with Crippen molar-refractivity contribution >= 4 is 5.78 Å². The van der Waals surface area contributed by atoms with Crippen molar-refractivity contribution in [2.75, 3.05) is 0 Å². The summed E-state index contributed by atoms with van der Waals surface area (Å²) in [4.78, 5) is 11.6. The molecule has 1 aromatic heterocycles. The number of aryl methyl sites for hydroxylation is 2. The smallest absolute Gasteiger partial charge is 0.160 e. The van der Waals surface area contributed by atoms with Crippen molar-refractivity contribution < 1.29 is 9.18 Å². The molecular formula is C14H15FN2O. The van der Waals surface area contributed by atoms with Gasteiger partial charge in [-0.05, 0) is 37.1 Å². The topological polar surface area (TPSA) is 34.9 Å². The minimum atomic E-state index is -0.346. The number of ketones is 1. The Bertz CT molecular complexity index is 602. The number of carbonyl (C=O) groups is 1. The molecule has 0 aliphatic carbocycles. The fraction of sp³-hybridized carbons (Fsp3) is 0.286. The van der Waals surface area contributed by atoms with Crippen LogP contribution in [-0.2, 0) is 13.5 Å². The third kappa shape index (κ3) is 2.18. The van der Waals surface area contributed by atoms with Crippen molar-refractivity contribution in [3.05, 3.63) is 41.5 Å². The molecule has 2 rings (SSSR count). The van der Waals surface area contributed by atoms with E-state index in [2.05, 4.69) is 5.10 Å². The highest BCUT2D eigenvalue weighted by atomic mass is 19.1. The monoisotopic (exact) mass is 246 g/mol. The normalized spacial score (nSPS) is 10.7. The number of Topliss-reactive ketones (excluding diaryl/α,β-unsaturated/α-hetero) is 1. The summed E-state index contributed by atoms with van der Waals surface area (Å²) in [6.45, 7) is 3.47. The summed E-state index contributed by atoms with van der Waals surface area (Å²) < 4.78 is 15.1. The molecule has 0 N–H and O–H groups in total. The van der Waals surface area contributed by atoms with Gasteiger partial charge in [0.1, 0.15) is 5.82 Å². The van der Waals surface area contributed by atoms with E-state index in [0.717, 1.165) is 17.7 Å². The lowest BCUT2D eigenvalue weighted by atomic mass is 9.97. The average Bonchev–Trinajstić information content (AvgIpc) is 2.69. The molecule has 0 saturated carbocycles. The van der Waals surface area contributed by atoms with Gasteiger partial charge in [0.15, 0.2) is 5.78 Å². The van der Waals surface area contributed by atoms with E-state index >= 15 is 0 Å². The largest absolute Gasteiger partial charge is 0.294 e. The summed E-state index contributed by atoms with van der Waals surface area (Å²) in [6, 6.07) is 4.23. The van der Waals surface area contributed by atoms with E-state index in [1.54, 1.807) is 4.68 Å². The van der Waals surface area contributed by atoms with Crippen molar-refractivity contribution in [3.8, 4) is 11.1 Å². The van der Waals surface area contributed by atoms with Crippen LogP contribution in [0.5, 0.6) is 0 Å². The molecule has 1 heterocycles. The van der Waals surface area contributed by atoms with Crippen molar-refractivity contribution in [1.82, 2.24) is 9.78 Å². The zero-order valence-corrected chi connectivity index (χ0v) is 10.7. The Balaban J connectivity index is 2.68. The van der Waals surface area contributed by atoms with E-state index in [1.165, 1.54) is 25.1 Å². The van der Waals surface area contributed by atoms with Gasteiger partial charge in [-0.25, -0.2) is 4.39 Å². The van der Waals surface area contributed by atoms with Crippen LogP contribution < -0.4 is 0 Å². The fourth-order valence-corrected chi connectivity index (χ4v) is 2.07. The molecular weight excluding hydrogens is 231 g/mol. The molecule has 0 aliphatic heterocycles. The lowest BCUT2D eigenvalue weighted by Crippen LogP contribution is -1.98. The Morgan fingerprint density at radius 1 is 1.39 bits per heavy atom. The summed E-state index contributed by atoms with van der Waals surface area (Å²) >= 11 is 0. The number of hydrogen-bond acceptors (Lipinski definition) is 2. The van der Waals surface area contributed by atoms with E-state index in [4.69, 9.17) is 0 Å². The summed E-state index contributed by atoms with van der Waals surface area (Å²) in [7, 11) is 1.81. The number of nitrogens with zero attached hydrogens (tertiary/aromatic N) is 2. The summed E-state index contributed by atoms with van der Waals surface area (Å²) in [5, 5.41) is 4.32. The minimum Gasteiger partial charge on any atom is -0.294 e. The molecule has 0 radical (unpaired) electrons. The van der Waals surface area contributed by atoms with E-state index in [-0.39, 0.29) is 11.6 Å². The number of rotatable bonds is 3. The van der Waals surface area contributed by atoms with Gasteiger partial charge in [0.25, 0.3) is 0 Å². The van der Waals surface area contributed by atoms with Crippen molar-refractivity contribution in [3.63, 3.8) is 0 Å². The molecule has 3 nitrogen and oxygen atoms in total.